The molecule has 0 amide bonds. The first kappa shape index (κ1) is 9.70. The van der Waals surface area contributed by atoms with Crippen LogP contribution in [-0.2, 0) is 0 Å². The maximum Gasteiger partial charge on any atom is 0.172 e. The van der Waals surface area contributed by atoms with Crippen molar-refractivity contribution in [2.75, 3.05) is 13.2 Å². The average Bonchev–Trinajstić information content (AvgIpc) is 3.12. The van der Waals surface area contributed by atoms with E-state index in [1.165, 1.54) is 12.8 Å². The van der Waals surface area contributed by atoms with Crippen LogP contribution >= 0.6 is 0 Å². The molecule has 2 aliphatic rings. The van der Waals surface area contributed by atoms with Crippen molar-refractivity contribution < 1.29 is 14.3 Å². The van der Waals surface area contributed by atoms with Crippen molar-refractivity contribution in [1.29, 1.82) is 0 Å². The van der Waals surface area contributed by atoms with Crippen molar-refractivity contribution in [2.45, 2.75) is 19.3 Å². The molecule has 1 aromatic rings. The molecule has 0 spiro atoms. The van der Waals surface area contributed by atoms with Crippen LogP contribution in [0.4, 0.5) is 0 Å². The second-order valence-corrected chi connectivity index (χ2v) is 4.40. The Morgan fingerprint density at radius 1 is 1.25 bits per heavy atom. The Morgan fingerprint density at radius 3 is 2.88 bits per heavy atom. The minimum atomic E-state index is 0.185. The van der Waals surface area contributed by atoms with Gasteiger partial charge in [0.05, 0.1) is 5.56 Å². The number of ketones is 1. The van der Waals surface area contributed by atoms with Gasteiger partial charge in [-0.3, -0.25) is 4.79 Å². The largest absolute Gasteiger partial charge is 0.486 e. The van der Waals surface area contributed by atoms with Gasteiger partial charge in [0, 0.05) is 6.42 Å². The Kier molecular flexibility index (Phi) is 2.31. The molecule has 3 nitrogen and oxygen atoms in total. The van der Waals surface area contributed by atoms with Gasteiger partial charge in [-0.05, 0) is 30.9 Å². The summed E-state index contributed by atoms with van der Waals surface area (Å²) in [4.78, 5) is 12.0. The molecule has 0 atom stereocenters. The lowest BCUT2D eigenvalue weighted by atomic mass is 10.0. The van der Waals surface area contributed by atoms with E-state index in [1.54, 1.807) is 0 Å². The number of hydrogen-bond acceptors (Lipinski definition) is 3. The van der Waals surface area contributed by atoms with Crippen LogP contribution in [0.1, 0.15) is 29.6 Å². The van der Waals surface area contributed by atoms with Crippen molar-refractivity contribution in [2.24, 2.45) is 5.92 Å². The Balaban J connectivity index is 1.89. The van der Waals surface area contributed by atoms with E-state index >= 15 is 0 Å². The molecule has 1 heterocycles. The lowest BCUT2D eigenvalue weighted by Crippen LogP contribution is -2.17. The van der Waals surface area contributed by atoms with Crippen molar-refractivity contribution >= 4 is 5.78 Å². The van der Waals surface area contributed by atoms with E-state index in [9.17, 15) is 4.79 Å². The van der Waals surface area contributed by atoms with Gasteiger partial charge >= 0.3 is 0 Å². The molecule has 3 rings (SSSR count). The van der Waals surface area contributed by atoms with Gasteiger partial charge in [0.15, 0.2) is 17.3 Å². The number of hydrogen-bond donors (Lipinski definition) is 0. The van der Waals surface area contributed by atoms with E-state index in [2.05, 4.69) is 0 Å². The molecule has 3 heteroatoms. The Bertz CT molecular complexity index is 421. The highest BCUT2D eigenvalue weighted by atomic mass is 16.6. The zero-order valence-corrected chi connectivity index (χ0v) is 9.07. The van der Waals surface area contributed by atoms with Gasteiger partial charge < -0.3 is 9.47 Å². The normalized spacial score (nSPS) is 18.2. The molecule has 1 aliphatic carbocycles. The average molecular weight is 218 g/mol. The fourth-order valence-electron chi connectivity index (χ4n) is 1.99. The Morgan fingerprint density at radius 2 is 2.06 bits per heavy atom. The van der Waals surface area contributed by atoms with Crippen LogP contribution < -0.4 is 9.47 Å². The number of Topliss-reactive ketones (excluding diaryl/α,β-unsaturated/α-hetero) is 1. The molecule has 0 unspecified atom stereocenters. The molecule has 1 saturated carbocycles. The SMILES string of the molecule is O=C(CC1CC1)c1cccc2c1OCCO2. The third kappa shape index (κ3) is 1.77. The number of fused-ring (bicyclic) bond motifs is 1. The summed E-state index contributed by atoms with van der Waals surface area (Å²) < 4.78 is 11.0. The zero-order chi connectivity index (χ0) is 11.0. The standard InChI is InChI=1S/C13H14O3/c14-11(8-9-4-5-9)10-2-1-3-12-13(10)16-7-6-15-12/h1-3,9H,4-8H2. The molecule has 0 N–H and O–H groups in total. The van der Waals surface area contributed by atoms with E-state index in [0.29, 0.717) is 42.6 Å². The number of rotatable bonds is 3. The van der Waals surface area contributed by atoms with Gasteiger partial charge in [0.25, 0.3) is 0 Å². The molecular weight excluding hydrogens is 204 g/mol. The van der Waals surface area contributed by atoms with Crippen LogP contribution in [0.25, 0.3) is 0 Å². The molecule has 16 heavy (non-hydrogen) atoms. The summed E-state index contributed by atoms with van der Waals surface area (Å²) in [6.07, 6.45) is 3.04. The van der Waals surface area contributed by atoms with E-state index in [4.69, 9.17) is 9.47 Å². The highest BCUT2D eigenvalue weighted by molar-refractivity contribution is 5.99. The zero-order valence-electron chi connectivity index (χ0n) is 9.07. The van der Waals surface area contributed by atoms with Crippen LogP contribution in [0.2, 0.25) is 0 Å². The minimum Gasteiger partial charge on any atom is -0.486 e. The number of carbonyl (C=O) groups excluding carboxylic acids is 1. The monoisotopic (exact) mass is 218 g/mol. The molecule has 0 aromatic heterocycles. The van der Waals surface area contributed by atoms with Gasteiger partial charge in [-0.15, -0.1) is 0 Å². The van der Waals surface area contributed by atoms with Crippen LogP contribution in [0.5, 0.6) is 11.5 Å². The molecule has 0 radical (unpaired) electrons. The topological polar surface area (TPSA) is 35.5 Å². The minimum absolute atomic E-state index is 0.185. The third-order valence-electron chi connectivity index (χ3n) is 3.04. The molecule has 84 valence electrons. The summed E-state index contributed by atoms with van der Waals surface area (Å²) in [6, 6.07) is 5.54. The number of benzene rings is 1. The smallest absolute Gasteiger partial charge is 0.172 e. The predicted octanol–water partition coefficient (Wildman–Crippen LogP) is 2.44. The molecule has 1 fully saturated rings. The highest BCUT2D eigenvalue weighted by Crippen LogP contribution is 2.38. The molecule has 1 aromatic carbocycles. The van der Waals surface area contributed by atoms with Crippen LogP contribution in [0, 0.1) is 5.92 Å². The quantitative estimate of drug-likeness (QED) is 0.731. The Hall–Kier alpha value is -1.51. The lowest BCUT2D eigenvalue weighted by Gasteiger charge is -2.20. The van der Waals surface area contributed by atoms with E-state index < -0.39 is 0 Å². The fraction of sp³-hybridized carbons (Fsp3) is 0.462. The second-order valence-electron chi connectivity index (χ2n) is 4.40. The molecule has 1 aliphatic heterocycles. The van der Waals surface area contributed by atoms with E-state index in [-0.39, 0.29) is 5.78 Å². The van der Waals surface area contributed by atoms with Crippen molar-refractivity contribution in [3.05, 3.63) is 23.8 Å². The van der Waals surface area contributed by atoms with E-state index in [1.807, 2.05) is 18.2 Å². The first-order valence-corrected chi connectivity index (χ1v) is 5.76. The molecule has 0 saturated heterocycles. The lowest BCUT2D eigenvalue weighted by molar-refractivity contribution is 0.0965. The van der Waals surface area contributed by atoms with Crippen molar-refractivity contribution in [3.63, 3.8) is 0 Å². The summed E-state index contributed by atoms with van der Waals surface area (Å²) in [7, 11) is 0. The second kappa shape index (κ2) is 3.81. The van der Waals surface area contributed by atoms with Crippen molar-refractivity contribution in [1.82, 2.24) is 0 Å². The summed E-state index contributed by atoms with van der Waals surface area (Å²) in [5.74, 6) is 2.13. The molecular formula is C13H14O3. The van der Waals surface area contributed by atoms with Crippen molar-refractivity contribution in [3.8, 4) is 11.5 Å². The van der Waals surface area contributed by atoms with Crippen LogP contribution in [-0.4, -0.2) is 19.0 Å². The summed E-state index contributed by atoms with van der Waals surface area (Å²) in [5, 5.41) is 0. The number of ether oxygens (including phenoxy) is 2. The third-order valence-corrected chi connectivity index (χ3v) is 3.04. The first-order valence-electron chi connectivity index (χ1n) is 5.76. The Labute approximate surface area is 94.4 Å². The van der Waals surface area contributed by atoms with Crippen LogP contribution in [0.3, 0.4) is 0 Å². The number of para-hydroxylation sites is 1. The van der Waals surface area contributed by atoms with Gasteiger partial charge in [0.2, 0.25) is 0 Å². The highest BCUT2D eigenvalue weighted by Gasteiger charge is 2.27. The summed E-state index contributed by atoms with van der Waals surface area (Å²) >= 11 is 0. The van der Waals surface area contributed by atoms with Gasteiger partial charge in [-0.2, -0.15) is 0 Å². The van der Waals surface area contributed by atoms with Gasteiger partial charge in [-0.1, -0.05) is 6.07 Å². The maximum atomic E-state index is 12.0. The van der Waals surface area contributed by atoms with Gasteiger partial charge in [-0.25, -0.2) is 0 Å². The summed E-state index contributed by atoms with van der Waals surface area (Å²) in [6.45, 7) is 1.09. The van der Waals surface area contributed by atoms with Gasteiger partial charge in [0.1, 0.15) is 13.2 Å². The fourth-order valence-corrected chi connectivity index (χ4v) is 1.99. The maximum absolute atomic E-state index is 12.0. The molecule has 0 bridgehead atoms. The number of carbonyl (C=O) groups is 1. The van der Waals surface area contributed by atoms with Crippen LogP contribution in [0.15, 0.2) is 18.2 Å². The van der Waals surface area contributed by atoms with E-state index in [0.717, 1.165) is 0 Å². The summed E-state index contributed by atoms with van der Waals surface area (Å²) in [5.41, 5.74) is 0.684. The first-order chi connectivity index (χ1) is 7.84. The predicted molar refractivity (Wildman–Crippen MR) is 59.1 cm³/mol.